The van der Waals surface area contributed by atoms with E-state index in [4.69, 9.17) is 12.2 Å². The van der Waals surface area contributed by atoms with Crippen LogP contribution < -0.4 is 4.72 Å². The zero-order chi connectivity index (χ0) is 8.84. The van der Waals surface area contributed by atoms with E-state index in [1.165, 1.54) is 24.2 Å². The Hall–Kier alpha value is -0.350. The van der Waals surface area contributed by atoms with Gasteiger partial charge in [0.05, 0.1) is 12.0 Å². The Morgan fingerprint density at radius 1 is 1.46 bits per heavy atom. The highest BCUT2D eigenvalue weighted by molar-refractivity contribution is 8.01. The second-order valence-corrected chi connectivity index (χ2v) is 5.02. The fourth-order valence-corrected chi connectivity index (χ4v) is 3.93. The highest BCUT2D eigenvalue weighted by Gasteiger charge is 2.42. The van der Waals surface area contributed by atoms with Crippen LogP contribution in [0.1, 0.15) is 19.3 Å². The number of hydrogen-bond acceptors (Lipinski definition) is 4. The molecule has 1 saturated carbocycles. The van der Waals surface area contributed by atoms with Crippen LogP contribution in [0.2, 0.25) is 0 Å². The third kappa shape index (κ3) is 1.02. The topological polar surface area (TPSA) is 24.4 Å². The van der Waals surface area contributed by atoms with Gasteiger partial charge < -0.3 is 4.72 Å². The maximum absolute atomic E-state index is 5.44. The molecule has 0 aromatic carbocycles. The normalized spacial score (nSPS) is 36.2. The number of thiocarbonyl (C=S) groups is 1. The molecule has 4 heteroatoms. The molecule has 2 unspecified atom stereocenters. The quantitative estimate of drug-likeness (QED) is 0.490. The van der Waals surface area contributed by atoms with Crippen LogP contribution in [-0.4, -0.2) is 11.2 Å². The molecule has 2 nitrogen and oxygen atoms in total. The molecule has 0 spiro atoms. The van der Waals surface area contributed by atoms with Crippen molar-refractivity contribution in [3.05, 3.63) is 10.6 Å². The van der Waals surface area contributed by atoms with Crippen molar-refractivity contribution in [2.75, 3.05) is 0 Å². The first-order chi connectivity index (χ1) is 6.38. The molecule has 0 amide bonds. The van der Waals surface area contributed by atoms with E-state index in [-0.39, 0.29) is 0 Å². The van der Waals surface area contributed by atoms with E-state index < -0.39 is 0 Å². The molecule has 3 rings (SSSR count). The van der Waals surface area contributed by atoms with Gasteiger partial charge in [-0.15, -0.1) is 0 Å². The number of nitrogens with one attached hydrogen (secondary N) is 1. The first-order valence-corrected chi connectivity index (χ1v) is 5.83. The first-order valence-electron chi connectivity index (χ1n) is 4.61. The highest BCUT2D eigenvalue weighted by atomic mass is 32.2. The van der Waals surface area contributed by atoms with Crippen LogP contribution in [0, 0.1) is 11.8 Å². The fraction of sp³-hybridized carbons (Fsp3) is 0.556. The van der Waals surface area contributed by atoms with Crippen LogP contribution >= 0.6 is 24.2 Å². The monoisotopic (exact) mass is 210 g/mol. The van der Waals surface area contributed by atoms with Gasteiger partial charge in [-0.25, -0.2) is 4.99 Å². The lowest BCUT2D eigenvalue weighted by Crippen LogP contribution is -2.08. The van der Waals surface area contributed by atoms with Crippen LogP contribution in [0.4, 0.5) is 0 Å². The number of aliphatic imine (C=N–C) groups is 1. The van der Waals surface area contributed by atoms with Crippen molar-refractivity contribution in [3.63, 3.8) is 0 Å². The Labute approximate surface area is 87.0 Å². The average Bonchev–Trinajstić information content (AvgIpc) is 2.72. The zero-order valence-corrected chi connectivity index (χ0v) is 8.75. The highest BCUT2D eigenvalue weighted by Crippen LogP contribution is 2.50. The number of hydrogen-bond donors (Lipinski definition) is 1. The maximum Gasteiger partial charge on any atom is 0.0988 e. The number of fused-ring (bicyclic) bond motifs is 2. The van der Waals surface area contributed by atoms with Crippen LogP contribution in [0.15, 0.2) is 15.6 Å². The van der Waals surface area contributed by atoms with E-state index >= 15 is 0 Å². The van der Waals surface area contributed by atoms with Gasteiger partial charge >= 0.3 is 0 Å². The molecular formula is C9H10N2S2. The van der Waals surface area contributed by atoms with Gasteiger partial charge in [-0.1, -0.05) is 18.6 Å². The Morgan fingerprint density at radius 3 is 3.23 bits per heavy atom. The van der Waals surface area contributed by atoms with E-state index in [2.05, 4.69) is 9.71 Å². The van der Waals surface area contributed by atoms with Gasteiger partial charge in [0.25, 0.3) is 0 Å². The van der Waals surface area contributed by atoms with Gasteiger partial charge in [0.15, 0.2) is 0 Å². The summed E-state index contributed by atoms with van der Waals surface area (Å²) in [5.41, 5.74) is 1.11. The van der Waals surface area contributed by atoms with E-state index in [1.807, 2.05) is 0 Å². The minimum Gasteiger partial charge on any atom is -0.317 e. The van der Waals surface area contributed by atoms with Crippen molar-refractivity contribution in [1.29, 1.82) is 0 Å². The van der Waals surface area contributed by atoms with Gasteiger partial charge in [0, 0.05) is 21.6 Å². The van der Waals surface area contributed by atoms with Crippen molar-refractivity contribution >= 4 is 35.4 Å². The summed E-state index contributed by atoms with van der Waals surface area (Å²) in [5, 5.41) is 0. The summed E-state index contributed by atoms with van der Waals surface area (Å²) in [5.74, 6) is 1.32. The minimum absolute atomic E-state index is 0.629. The Kier molecular flexibility index (Phi) is 1.73. The molecule has 1 aliphatic heterocycles. The predicted octanol–water partition coefficient (Wildman–Crippen LogP) is 2.28. The summed E-state index contributed by atoms with van der Waals surface area (Å²) in [6, 6.07) is 0. The van der Waals surface area contributed by atoms with E-state index in [9.17, 15) is 0 Å². The lowest BCUT2D eigenvalue weighted by Gasteiger charge is -2.13. The molecule has 2 atom stereocenters. The summed E-state index contributed by atoms with van der Waals surface area (Å²) in [4.78, 5) is 6.85. The lowest BCUT2D eigenvalue weighted by atomic mass is 10.00. The van der Waals surface area contributed by atoms with Crippen molar-refractivity contribution in [1.82, 2.24) is 4.72 Å². The van der Waals surface area contributed by atoms with Crippen molar-refractivity contribution < 1.29 is 0 Å². The largest absolute Gasteiger partial charge is 0.317 e. The summed E-state index contributed by atoms with van der Waals surface area (Å²) in [7, 11) is 0. The molecule has 3 aliphatic rings. The summed E-state index contributed by atoms with van der Waals surface area (Å²) in [6.07, 6.45) is 5.65. The molecule has 1 N–H and O–H groups in total. The Balaban J connectivity index is 2.06. The summed E-state index contributed by atoms with van der Waals surface area (Å²) < 4.78 is 3.10. The third-order valence-corrected chi connectivity index (χ3v) is 4.51. The maximum atomic E-state index is 5.44. The number of nitrogens with zero attached hydrogens (tertiary/aromatic N) is 1. The van der Waals surface area contributed by atoms with Crippen molar-refractivity contribution in [2.24, 2.45) is 16.8 Å². The molecule has 13 heavy (non-hydrogen) atoms. The average molecular weight is 210 g/mol. The molecule has 1 fully saturated rings. The van der Waals surface area contributed by atoms with Crippen molar-refractivity contribution in [2.45, 2.75) is 19.3 Å². The first kappa shape index (κ1) is 8.00. The lowest BCUT2D eigenvalue weighted by molar-refractivity contribution is 0.606. The van der Waals surface area contributed by atoms with Crippen LogP contribution in [0.3, 0.4) is 0 Å². The summed E-state index contributed by atoms with van der Waals surface area (Å²) in [6.45, 7) is 0. The van der Waals surface area contributed by atoms with Gasteiger partial charge in [-0.3, -0.25) is 0 Å². The molecule has 0 saturated heterocycles. The Morgan fingerprint density at radius 2 is 2.31 bits per heavy atom. The molecule has 68 valence electrons. The summed E-state index contributed by atoms with van der Waals surface area (Å²) >= 11 is 7.15. The van der Waals surface area contributed by atoms with Crippen LogP contribution in [0.5, 0.6) is 0 Å². The predicted molar refractivity (Wildman–Crippen MR) is 59.7 cm³/mol. The molecule has 1 heterocycles. The number of rotatable bonds is 0. The fourth-order valence-electron chi connectivity index (χ4n) is 2.49. The van der Waals surface area contributed by atoms with Gasteiger partial charge in [0.2, 0.25) is 0 Å². The molecular weight excluding hydrogens is 200 g/mol. The standard InChI is InChI=1S/C9H10N2S2/c12-8-5-2-1-3-6(5)9-7(8)10-4-11-13-9/h4-6H,1-3H2,(H,10,11). The van der Waals surface area contributed by atoms with Crippen LogP contribution in [-0.2, 0) is 0 Å². The third-order valence-electron chi connectivity index (χ3n) is 3.07. The van der Waals surface area contributed by atoms with E-state index in [1.54, 1.807) is 18.3 Å². The van der Waals surface area contributed by atoms with E-state index in [0.29, 0.717) is 11.8 Å². The van der Waals surface area contributed by atoms with Crippen molar-refractivity contribution in [3.8, 4) is 0 Å². The molecule has 0 bridgehead atoms. The van der Waals surface area contributed by atoms with E-state index in [0.717, 1.165) is 10.6 Å². The minimum atomic E-state index is 0.629. The number of allylic oxidation sites excluding steroid dienone is 2. The second-order valence-electron chi connectivity index (χ2n) is 3.70. The molecule has 2 aliphatic carbocycles. The van der Waals surface area contributed by atoms with Gasteiger partial charge in [-0.2, -0.15) is 0 Å². The molecule has 0 radical (unpaired) electrons. The van der Waals surface area contributed by atoms with Gasteiger partial charge in [-0.05, 0) is 24.8 Å². The molecule has 0 aromatic rings. The smallest absolute Gasteiger partial charge is 0.0988 e. The zero-order valence-electron chi connectivity index (χ0n) is 7.12. The van der Waals surface area contributed by atoms with Gasteiger partial charge in [0.1, 0.15) is 0 Å². The van der Waals surface area contributed by atoms with Crippen LogP contribution in [0.25, 0.3) is 0 Å². The molecule has 0 aromatic heterocycles. The Bertz CT molecular complexity index is 333. The SMILES string of the molecule is S=C1C2=C(SNC=N2)C2CCCC12. The second kappa shape index (κ2) is 2.82.